The summed E-state index contributed by atoms with van der Waals surface area (Å²) in [5.41, 5.74) is 0. The van der Waals surface area contributed by atoms with Crippen molar-refractivity contribution in [3.8, 4) is 0 Å². The molecule has 0 spiro atoms. The quantitative estimate of drug-likeness (QED) is 0.876. The van der Waals surface area contributed by atoms with Crippen LogP contribution >= 0.6 is 0 Å². The van der Waals surface area contributed by atoms with Crippen LogP contribution in [-0.4, -0.2) is 31.1 Å². The average Bonchev–Trinajstić information content (AvgIpc) is 2.78. The Balaban J connectivity index is 1.85. The minimum absolute atomic E-state index is 0.191. The van der Waals surface area contributed by atoms with E-state index in [1.807, 2.05) is 6.07 Å². The Labute approximate surface area is 101 Å². The molecule has 2 rings (SSSR count). The molecule has 1 aromatic heterocycles. The Kier molecular flexibility index (Phi) is 3.83. The van der Waals surface area contributed by atoms with E-state index in [4.69, 9.17) is 4.52 Å². The van der Waals surface area contributed by atoms with Gasteiger partial charge in [-0.25, -0.2) is 8.42 Å². The molecule has 6 heteroatoms. The zero-order valence-corrected chi connectivity index (χ0v) is 10.7. The standard InChI is InChI=1S/C11H18N2O3S/c1-17(14,15)11-4-2-3-9(7-11)12-8-10-5-6-13-16-10/h5-6,9,11-12H,2-4,7-8H2,1H3. The van der Waals surface area contributed by atoms with Gasteiger partial charge < -0.3 is 9.84 Å². The van der Waals surface area contributed by atoms with Gasteiger partial charge in [0.2, 0.25) is 0 Å². The summed E-state index contributed by atoms with van der Waals surface area (Å²) >= 11 is 0. The van der Waals surface area contributed by atoms with Crippen molar-refractivity contribution in [3.05, 3.63) is 18.0 Å². The van der Waals surface area contributed by atoms with E-state index in [2.05, 4.69) is 10.5 Å². The molecule has 17 heavy (non-hydrogen) atoms. The Morgan fingerprint density at radius 2 is 2.35 bits per heavy atom. The molecule has 1 heterocycles. The smallest absolute Gasteiger partial charge is 0.150 e. The van der Waals surface area contributed by atoms with Crippen LogP contribution in [0.4, 0.5) is 0 Å². The van der Waals surface area contributed by atoms with Gasteiger partial charge in [0.1, 0.15) is 15.6 Å². The molecular formula is C11H18N2O3S. The van der Waals surface area contributed by atoms with Crippen LogP contribution in [0.15, 0.2) is 16.8 Å². The van der Waals surface area contributed by atoms with Crippen molar-refractivity contribution < 1.29 is 12.9 Å². The van der Waals surface area contributed by atoms with Gasteiger partial charge in [-0.1, -0.05) is 11.6 Å². The normalized spacial score (nSPS) is 25.9. The molecule has 1 N–H and O–H groups in total. The van der Waals surface area contributed by atoms with Gasteiger partial charge in [-0.15, -0.1) is 0 Å². The van der Waals surface area contributed by atoms with Gasteiger partial charge in [-0.3, -0.25) is 0 Å². The molecular weight excluding hydrogens is 240 g/mol. The predicted octanol–water partition coefficient (Wildman–Crippen LogP) is 1.12. The fourth-order valence-electron chi connectivity index (χ4n) is 2.30. The third-order valence-electron chi connectivity index (χ3n) is 3.29. The van der Waals surface area contributed by atoms with Gasteiger partial charge in [-0.05, 0) is 19.3 Å². The first kappa shape index (κ1) is 12.6. The van der Waals surface area contributed by atoms with Crippen molar-refractivity contribution in [2.75, 3.05) is 6.26 Å². The van der Waals surface area contributed by atoms with Gasteiger partial charge in [0, 0.05) is 18.4 Å². The van der Waals surface area contributed by atoms with E-state index < -0.39 is 9.84 Å². The minimum Gasteiger partial charge on any atom is -0.360 e. The number of nitrogens with zero attached hydrogens (tertiary/aromatic N) is 1. The highest BCUT2D eigenvalue weighted by molar-refractivity contribution is 7.91. The molecule has 1 aromatic rings. The molecule has 0 bridgehead atoms. The van der Waals surface area contributed by atoms with Crippen molar-refractivity contribution >= 4 is 9.84 Å². The second kappa shape index (κ2) is 5.18. The van der Waals surface area contributed by atoms with Crippen molar-refractivity contribution in [1.82, 2.24) is 10.5 Å². The summed E-state index contributed by atoms with van der Waals surface area (Å²) in [6, 6.07) is 2.07. The van der Waals surface area contributed by atoms with Crippen LogP contribution < -0.4 is 5.32 Å². The summed E-state index contributed by atoms with van der Waals surface area (Å²) in [6.07, 6.45) is 6.42. The lowest BCUT2D eigenvalue weighted by atomic mass is 9.95. The largest absolute Gasteiger partial charge is 0.360 e. The predicted molar refractivity (Wildman–Crippen MR) is 64.2 cm³/mol. The monoisotopic (exact) mass is 258 g/mol. The summed E-state index contributed by atoms with van der Waals surface area (Å²) in [6.45, 7) is 0.612. The molecule has 2 unspecified atom stereocenters. The fraction of sp³-hybridized carbons (Fsp3) is 0.727. The molecule has 1 aliphatic carbocycles. The number of rotatable bonds is 4. The number of aromatic nitrogens is 1. The second-order valence-corrected chi connectivity index (χ2v) is 7.00. The molecule has 1 saturated carbocycles. The number of sulfone groups is 1. The Morgan fingerprint density at radius 1 is 1.53 bits per heavy atom. The van der Waals surface area contributed by atoms with Gasteiger partial charge in [0.25, 0.3) is 0 Å². The number of hydrogen-bond donors (Lipinski definition) is 1. The third kappa shape index (κ3) is 3.54. The molecule has 0 radical (unpaired) electrons. The molecule has 1 aliphatic rings. The van der Waals surface area contributed by atoms with E-state index in [1.54, 1.807) is 6.20 Å². The third-order valence-corrected chi connectivity index (χ3v) is 4.93. The lowest BCUT2D eigenvalue weighted by Gasteiger charge is -2.28. The zero-order valence-electron chi connectivity index (χ0n) is 9.93. The molecule has 2 atom stereocenters. The first-order chi connectivity index (χ1) is 8.05. The Hall–Kier alpha value is -0.880. The highest BCUT2D eigenvalue weighted by atomic mass is 32.2. The molecule has 96 valence electrons. The van der Waals surface area contributed by atoms with E-state index in [-0.39, 0.29) is 11.3 Å². The number of nitrogens with one attached hydrogen (secondary N) is 1. The minimum atomic E-state index is -2.91. The van der Waals surface area contributed by atoms with Crippen LogP contribution in [0.2, 0.25) is 0 Å². The van der Waals surface area contributed by atoms with E-state index >= 15 is 0 Å². The van der Waals surface area contributed by atoms with Crippen LogP contribution in [0.5, 0.6) is 0 Å². The highest BCUT2D eigenvalue weighted by Gasteiger charge is 2.28. The Morgan fingerprint density at radius 3 is 3.00 bits per heavy atom. The highest BCUT2D eigenvalue weighted by Crippen LogP contribution is 2.24. The fourth-order valence-corrected chi connectivity index (χ4v) is 3.47. The summed E-state index contributed by atoms with van der Waals surface area (Å²) in [4.78, 5) is 0. The van der Waals surface area contributed by atoms with E-state index in [0.717, 1.165) is 25.0 Å². The topological polar surface area (TPSA) is 72.2 Å². The zero-order chi connectivity index (χ0) is 12.3. The maximum atomic E-state index is 11.5. The van der Waals surface area contributed by atoms with Gasteiger partial charge in [-0.2, -0.15) is 0 Å². The summed E-state index contributed by atoms with van der Waals surface area (Å²) in [5, 5.41) is 6.77. The average molecular weight is 258 g/mol. The van der Waals surface area contributed by atoms with Gasteiger partial charge in [0.15, 0.2) is 0 Å². The van der Waals surface area contributed by atoms with Crippen molar-refractivity contribution in [2.24, 2.45) is 0 Å². The molecule has 5 nitrogen and oxygen atoms in total. The SMILES string of the molecule is CS(=O)(=O)C1CCCC(NCc2ccno2)C1. The molecule has 1 fully saturated rings. The van der Waals surface area contributed by atoms with Gasteiger partial charge in [0.05, 0.1) is 18.0 Å². The second-order valence-electron chi connectivity index (χ2n) is 4.67. The first-order valence-corrected chi connectivity index (χ1v) is 7.83. The molecule has 0 aliphatic heterocycles. The van der Waals surface area contributed by atoms with Crippen molar-refractivity contribution in [2.45, 2.75) is 43.5 Å². The first-order valence-electron chi connectivity index (χ1n) is 5.87. The van der Waals surface area contributed by atoms with Crippen LogP contribution in [0.25, 0.3) is 0 Å². The maximum absolute atomic E-state index is 11.5. The van der Waals surface area contributed by atoms with Crippen molar-refractivity contribution in [3.63, 3.8) is 0 Å². The maximum Gasteiger partial charge on any atom is 0.150 e. The van der Waals surface area contributed by atoms with Crippen molar-refractivity contribution in [1.29, 1.82) is 0 Å². The summed E-state index contributed by atoms with van der Waals surface area (Å²) < 4.78 is 28.0. The lowest BCUT2D eigenvalue weighted by Crippen LogP contribution is -2.38. The van der Waals surface area contributed by atoms with E-state index in [0.29, 0.717) is 13.0 Å². The van der Waals surface area contributed by atoms with Gasteiger partial charge >= 0.3 is 0 Å². The molecule has 0 aromatic carbocycles. The van der Waals surface area contributed by atoms with E-state index in [9.17, 15) is 8.42 Å². The van der Waals surface area contributed by atoms with E-state index in [1.165, 1.54) is 6.26 Å². The van der Waals surface area contributed by atoms with Crippen LogP contribution in [-0.2, 0) is 16.4 Å². The Bertz CT molecular complexity index is 441. The molecule has 0 amide bonds. The van der Waals surface area contributed by atoms with Crippen LogP contribution in [0.1, 0.15) is 31.4 Å². The van der Waals surface area contributed by atoms with Crippen LogP contribution in [0.3, 0.4) is 0 Å². The summed E-state index contributed by atoms with van der Waals surface area (Å²) in [5.74, 6) is 0.784. The number of hydrogen-bond acceptors (Lipinski definition) is 5. The summed E-state index contributed by atoms with van der Waals surface area (Å²) in [7, 11) is -2.91. The lowest BCUT2D eigenvalue weighted by molar-refractivity contribution is 0.332. The molecule has 0 saturated heterocycles. The van der Waals surface area contributed by atoms with Crippen LogP contribution in [0, 0.1) is 0 Å².